The highest BCUT2D eigenvalue weighted by Gasteiger charge is 2.03. The van der Waals surface area contributed by atoms with E-state index in [1.807, 2.05) is 54.6 Å². The molecule has 0 N–H and O–H groups in total. The summed E-state index contributed by atoms with van der Waals surface area (Å²) in [5.41, 5.74) is 1.65. The van der Waals surface area contributed by atoms with Crippen molar-refractivity contribution in [1.29, 1.82) is 0 Å². The molecule has 0 atom stereocenters. The number of carbonyl (C=O) groups excluding carboxylic acids is 1. The summed E-state index contributed by atoms with van der Waals surface area (Å²) in [4.78, 5) is 12.5. The first-order valence-corrected chi connectivity index (χ1v) is 15.9. The predicted molar refractivity (Wildman–Crippen MR) is 167 cm³/mol. The van der Waals surface area contributed by atoms with Gasteiger partial charge >= 0.3 is 0 Å². The topological polar surface area (TPSA) is 35.5 Å². The highest BCUT2D eigenvalue weighted by molar-refractivity contribution is 6.06. The van der Waals surface area contributed by atoms with E-state index in [2.05, 4.69) is 13.8 Å². The summed E-state index contributed by atoms with van der Waals surface area (Å²) < 4.78 is 11.5. The monoisotopic (exact) mass is 534 g/mol. The lowest BCUT2D eigenvalue weighted by Gasteiger charge is -2.07. The van der Waals surface area contributed by atoms with Crippen LogP contribution in [0.1, 0.15) is 139 Å². The summed E-state index contributed by atoms with van der Waals surface area (Å²) in [5.74, 6) is 1.68. The van der Waals surface area contributed by atoms with Gasteiger partial charge in [-0.25, -0.2) is 0 Å². The Labute approximate surface area is 239 Å². The zero-order chi connectivity index (χ0) is 27.8. The average molecular weight is 535 g/mol. The SMILES string of the molecule is CCCCCCCCCCCCCCCCCCOc1ccc(C(=O)/C=C/c2ccc(OCCC)cc2)cc1. The van der Waals surface area contributed by atoms with E-state index >= 15 is 0 Å². The molecular formula is C36H54O3. The molecule has 0 bridgehead atoms. The number of hydrogen-bond donors (Lipinski definition) is 0. The van der Waals surface area contributed by atoms with Gasteiger partial charge in [0, 0.05) is 5.56 Å². The summed E-state index contributed by atoms with van der Waals surface area (Å²) in [7, 11) is 0. The number of allylic oxidation sites excluding steroid dienone is 1. The van der Waals surface area contributed by atoms with Crippen LogP contribution in [0, 0.1) is 0 Å². The van der Waals surface area contributed by atoms with Gasteiger partial charge in [-0.3, -0.25) is 4.79 Å². The third-order valence-electron chi connectivity index (χ3n) is 7.19. The minimum Gasteiger partial charge on any atom is -0.494 e. The zero-order valence-electron chi connectivity index (χ0n) is 24.9. The molecular weight excluding hydrogens is 480 g/mol. The van der Waals surface area contributed by atoms with Crippen molar-refractivity contribution in [3.05, 3.63) is 65.7 Å². The molecule has 2 rings (SSSR count). The Hall–Kier alpha value is -2.55. The van der Waals surface area contributed by atoms with Crippen molar-refractivity contribution in [3.8, 4) is 11.5 Å². The third kappa shape index (κ3) is 16.2. The van der Waals surface area contributed by atoms with Gasteiger partial charge in [0.1, 0.15) is 11.5 Å². The van der Waals surface area contributed by atoms with Crippen LogP contribution in [-0.4, -0.2) is 19.0 Å². The first kappa shape index (κ1) is 32.7. The first-order chi connectivity index (χ1) is 19.2. The van der Waals surface area contributed by atoms with Gasteiger partial charge in [0.15, 0.2) is 5.78 Å². The van der Waals surface area contributed by atoms with Crippen LogP contribution in [0.5, 0.6) is 11.5 Å². The number of unbranched alkanes of at least 4 members (excludes halogenated alkanes) is 15. The lowest BCUT2D eigenvalue weighted by atomic mass is 10.0. The molecule has 0 fully saturated rings. The van der Waals surface area contributed by atoms with Crippen LogP contribution in [0.2, 0.25) is 0 Å². The molecule has 2 aromatic carbocycles. The minimum atomic E-state index is -0.00864. The molecule has 216 valence electrons. The Morgan fingerprint density at radius 3 is 1.46 bits per heavy atom. The number of benzene rings is 2. The van der Waals surface area contributed by atoms with Gasteiger partial charge in [-0.15, -0.1) is 0 Å². The van der Waals surface area contributed by atoms with E-state index in [0.29, 0.717) is 12.2 Å². The van der Waals surface area contributed by atoms with E-state index in [1.54, 1.807) is 6.08 Å². The molecule has 39 heavy (non-hydrogen) atoms. The molecule has 0 unspecified atom stereocenters. The summed E-state index contributed by atoms with van der Waals surface area (Å²) in [6.07, 6.45) is 26.4. The van der Waals surface area contributed by atoms with Gasteiger partial charge < -0.3 is 9.47 Å². The van der Waals surface area contributed by atoms with Crippen LogP contribution in [0.25, 0.3) is 6.08 Å². The highest BCUT2D eigenvalue weighted by Crippen LogP contribution is 2.17. The molecule has 3 nitrogen and oxygen atoms in total. The largest absolute Gasteiger partial charge is 0.494 e. The van der Waals surface area contributed by atoms with E-state index in [1.165, 1.54) is 96.3 Å². The molecule has 0 saturated heterocycles. The van der Waals surface area contributed by atoms with Crippen molar-refractivity contribution >= 4 is 11.9 Å². The molecule has 0 aromatic heterocycles. The van der Waals surface area contributed by atoms with Gasteiger partial charge in [-0.1, -0.05) is 128 Å². The fraction of sp³-hybridized carbons (Fsp3) is 0.583. The number of ketones is 1. The average Bonchev–Trinajstić information content (AvgIpc) is 2.97. The van der Waals surface area contributed by atoms with Crippen molar-refractivity contribution in [2.24, 2.45) is 0 Å². The van der Waals surface area contributed by atoms with E-state index < -0.39 is 0 Å². The van der Waals surface area contributed by atoms with E-state index in [-0.39, 0.29) is 5.78 Å². The van der Waals surface area contributed by atoms with Gasteiger partial charge in [0.05, 0.1) is 13.2 Å². The molecule has 0 heterocycles. The summed E-state index contributed by atoms with van der Waals surface area (Å²) in [5, 5.41) is 0. The Bertz CT molecular complexity index is 883. The van der Waals surface area contributed by atoms with Gasteiger partial charge in [0.2, 0.25) is 0 Å². The van der Waals surface area contributed by atoms with E-state index in [4.69, 9.17) is 9.47 Å². The second-order valence-electron chi connectivity index (χ2n) is 10.8. The predicted octanol–water partition coefficient (Wildman–Crippen LogP) is 11.0. The van der Waals surface area contributed by atoms with Crippen LogP contribution in [0.15, 0.2) is 54.6 Å². The number of carbonyl (C=O) groups is 1. The number of hydrogen-bond acceptors (Lipinski definition) is 3. The first-order valence-electron chi connectivity index (χ1n) is 15.9. The summed E-state index contributed by atoms with van der Waals surface area (Å²) in [6, 6.07) is 15.3. The van der Waals surface area contributed by atoms with Gasteiger partial charge in [-0.05, 0) is 60.9 Å². The van der Waals surface area contributed by atoms with Crippen molar-refractivity contribution < 1.29 is 14.3 Å². The van der Waals surface area contributed by atoms with Crippen LogP contribution in [0.3, 0.4) is 0 Å². The fourth-order valence-electron chi connectivity index (χ4n) is 4.72. The Kier molecular flexibility index (Phi) is 18.7. The van der Waals surface area contributed by atoms with Gasteiger partial charge in [-0.2, -0.15) is 0 Å². The molecule has 0 spiro atoms. The summed E-state index contributed by atoms with van der Waals surface area (Å²) in [6.45, 7) is 5.83. The molecule has 0 saturated carbocycles. The maximum Gasteiger partial charge on any atom is 0.185 e. The van der Waals surface area contributed by atoms with Crippen molar-refractivity contribution in [3.63, 3.8) is 0 Å². The zero-order valence-corrected chi connectivity index (χ0v) is 24.9. The Morgan fingerprint density at radius 2 is 0.974 bits per heavy atom. The maximum absolute atomic E-state index is 12.5. The maximum atomic E-state index is 12.5. The molecule has 0 aliphatic heterocycles. The Morgan fingerprint density at radius 1 is 0.538 bits per heavy atom. The molecule has 3 heteroatoms. The normalized spacial score (nSPS) is 11.2. The summed E-state index contributed by atoms with van der Waals surface area (Å²) >= 11 is 0. The van der Waals surface area contributed by atoms with Crippen LogP contribution < -0.4 is 9.47 Å². The standard InChI is InChI=1S/C36H54O3/c1-3-5-6-7-8-9-10-11-12-13-14-15-16-17-18-19-31-39-35-27-23-33(24-28-35)36(37)29-22-32-20-25-34(26-21-32)38-30-4-2/h20-29H,3-19,30-31H2,1-2H3/b29-22+. The number of rotatable bonds is 24. The quantitative estimate of drug-likeness (QED) is 0.0763. The molecule has 0 aliphatic carbocycles. The second kappa shape index (κ2) is 22.3. The van der Waals surface area contributed by atoms with E-state index in [9.17, 15) is 4.79 Å². The Balaban J connectivity index is 1.46. The third-order valence-corrected chi connectivity index (χ3v) is 7.19. The van der Waals surface area contributed by atoms with Crippen molar-refractivity contribution in [2.75, 3.05) is 13.2 Å². The molecule has 0 amide bonds. The smallest absolute Gasteiger partial charge is 0.185 e. The lowest BCUT2D eigenvalue weighted by molar-refractivity contribution is 0.104. The fourth-order valence-corrected chi connectivity index (χ4v) is 4.72. The van der Waals surface area contributed by atoms with Crippen LogP contribution in [-0.2, 0) is 0 Å². The van der Waals surface area contributed by atoms with E-state index in [0.717, 1.165) is 36.5 Å². The molecule has 2 aromatic rings. The second-order valence-corrected chi connectivity index (χ2v) is 10.8. The molecule has 0 aliphatic rings. The molecule has 0 radical (unpaired) electrons. The minimum absolute atomic E-state index is 0.00864. The lowest BCUT2D eigenvalue weighted by Crippen LogP contribution is -1.99. The van der Waals surface area contributed by atoms with Crippen LogP contribution in [0.4, 0.5) is 0 Å². The van der Waals surface area contributed by atoms with Crippen molar-refractivity contribution in [1.82, 2.24) is 0 Å². The van der Waals surface area contributed by atoms with Gasteiger partial charge in [0.25, 0.3) is 0 Å². The highest BCUT2D eigenvalue weighted by atomic mass is 16.5. The number of ether oxygens (including phenoxy) is 2. The van der Waals surface area contributed by atoms with Crippen molar-refractivity contribution in [2.45, 2.75) is 123 Å². The van der Waals surface area contributed by atoms with Crippen LogP contribution >= 0.6 is 0 Å².